The second-order valence-corrected chi connectivity index (χ2v) is 3.79. The highest BCUT2D eigenvalue weighted by atomic mass is 32.2. The first-order valence-electron chi connectivity index (χ1n) is 4.25. The standard InChI is InChI=1S/C9H12N4S/c1-7(6-14-2)12-9-11-4-3-8(5-10)13-9/h3-4,7H,6H2,1-2H3,(H,11,12,13). The Bertz CT molecular complexity index is 334. The highest BCUT2D eigenvalue weighted by molar-refractivity contribution is 7.98. The Labute approximate surface area is 87.8 Å². The van der Waals surface area contributed by atoms with Gasteiger partial charge in [-0.2, -0.15) is 17.0 Å². The largest absolute Gasteiger partial charge is 0.351 e. The summed E-state index contributed by atoms with van der Waals surface area (Å²) in [5.41, 5.74) is 0.388. The molecule has 14 heavy (non-hydrogen) atoms. The Balaban J connectivity index is 2.63. The summed E-state index contributed by atoms with van der Waals surface area (Å²) in [6.07, 6.45) is 3.63. The van der Waals surface area contributed by atoms with E-state index in [0.717, 1.165) is 5.75 Å². The topological polar surface area (TPSA) is 61.6 Å². The van der Waals surface area contributed by atoms with Gasteiger partial charge in [0.25, 0.3) is 0 Å². The van der Waals surface area contributed by atoms with Gasteiger partial charge in [-0.25, -0.2) is 9.97 Å². The van der Waals surface area contributed by atoms with Crippen LogP contribution in [0.5, 0.6) is 0 Å². The molecule has 0 bridgehead atoms. The van der Waals surface area contributed by atoms with Crippen molar-refractivity contribution in [2.24, 2.45) is 0 Å². The smallest absolute Gasteiger partial charge is 0.224 e. The molecule has 1 atom stereocenters. The first-order chi connectivity index (χ1) is 6.76. The van der Waals surface area contributed by atoms with Crippen LogP contribution in [0.2, 0.25) is 0 Å². The molecule has 1 N–H and O–H groups in total. The molecule has 4 nitrogen and oxygen atoms in total. The molecule has 0 amide bonds. The van der Waals surface area contributed by atoms with E-state index in [9.17, 15) is 0 Å². The van der Waals surface area contributed by atoms with Crippen LogP contribution in [0.3, 0.4) is 0 Å². The average Bonchev–Trinajstić information content (AvgIpc) is 2.18. The molecule has 1 unspecified atom stereocenters. The molecular formula is C9H12N4S. The fourth-order valence-corrected chi connectivity index (χ4v) is 1.59. The molecule has 5 heteroatoms. The minimum Gasteiger partial charge on any atom is -0.351 e. The predicted octanol–water partition coefficient (Wildman–Crippen LogP) is 1.51. The zero-order valence-electron chi connectivity index (χ0n) is 8.19. The van der Waals surface area contributed by atoms with Crippen LogP contribution in [0.1, 0.15) is 12.6 Å². The lowest BCUT2D eigenvalue weighted by Gasteiger charge is -2.11. The van der Waals surface area contributed by atoms with Crippen molar-refractivity contribution in [2.75, 3.05) is 17.3 Å². The van der Waals surface area contributed by atoms with Crippen molar-refractivity contribution in [1.82, 2.24) is 9.97 Å². The zero-order valence-corrected chi connectivity index (χ0v) is 9.01. The first kappa shape index (κ1) is 10.8. The van der Waals surface area contributed by atoms with Crippen LogP contribution in [-0.4, -0.2) is 28.0 Å². The Hall–Kier alpha value is -1.28. The van der Waals surface area contributed by atoms with E-state index in [-0.39, 0.29) is 0 Å². The highest BCUT2D eigenvalue weighted by Crippen LogP contribution is 2.04. The molecule has 0 aliphatic heterocycles. The fourth-order valence-electron chi connectivity index (χ4n) is 1.00. The Morgan fingerprint density at radius 1 is 1.71 bits per heavy atom. The Morgan fingerprint density at radius 2 is 2.50 bits per heavy atom. The molecule has 74 valence electrons. The van der Waals surface area contributed by atoms with Crippen molar-refractivity contribution < 1.29 is 0 Å². The van der Waals surface area contributed by atoms with E-state index >= 15 is 0 Å². The zero-order chi connectivity index (χ0) is 10.4. The van der Waals surface area contributed by atoms with E-state index in [0.29, 0.717) is 17.7 Å². The maximum Gasteiger partial charge on any atom is 0.224 e. The maximum atomic E-state index is 8.63. The number of thioether (sulfide) groups is 1. The second kappa shape index (κ2) is 5.45. The van der Waals surface area contributed by atoms with Crippen LogP contribution < -0.4 is 5.32 Å². The SMILES string of the molecule is CSCC(C)Nc1nccc(C#N)n1. The molecule has 0 spiro atoms. The molecule has 1 aromatic rings. The van der Waals surface area contributed by atoms with Gasteiger partial charge in [0.05, 0.1) is 0 Å². The molecular weight excluding hydrogens is 196 g/mol. The van der Waals surface area contributed by atoms with Crippen molar-refractivity contribution in [2.45, 2.75) is 13.0 Å². The summed E-state index contributed by atoms with van der Waals surface area (Å²) in [4.78, 5) is 8.05. The van der Waals surface area contributed by atoms with Gasteiger partial charge in [0.15, 0.2) is 0 Å². The Morgan fingerprint density at radius 3 is 3.14 bits per heavy atom. The molecule has 0 aliphatic rings. The third-order valence-electron chi connectivity index (χ3n) is 1.56. The highest BCUT2D eigenvalue weighted by Gasteiger charge is 2.03. The number of anilines is 1. The van der Waals surface area contributed by atoms with Gasteiger partial charge in [0, 0.05) is 18.0 Å². The number of hydrogen-bond donors (Lipinski definition) is 1. The lowest BCUT2D eigenvalue weighted by atomic mass is 10.4. The van der Waals surface area contributed by atoms with Gasteiger partial charge in [-0.1, -0.05) is 0 Å². The van der Waals surface area contributed by atoms with Crippen molar-refractivity contribution in [3.63, 3.8) is 0 Å². The first-order valence-corrected chi connectivity index (χ1v) is 5.64. The van der Waals surface area contributed by atoms with E-state index in [1.165, 1.54) is 0 Å². The van der Waals surface area contributed by atoms with Crippen molar-refractivity contribution in [1.29, 1.82) is 5.26 Å². The fraction of sp³-hybridized carbons (Fsp3) is 0.444. The van der Waals surface area contributed by atoms with E-state index in [1.807, 2.05) is 12.3 Å². The molecule has 0 fully saturated rings. The number of nitriles is 1. The van der Waals surface area contributed by atoms with Crippen LogP contribution >= 0.6 is 11.8 Å². The normalized spacial score (nSPS) is 11.8. The number of nitrogens with one attached hydrogen (secondary N) is 1. The number of rotatable bonds is 4. The molecule has 1 aromatic heterocycles. The number of hydrogen-bond acceptors (Lipinski definition) is 5. The number of nitrogens with zero attached hydrogens (tertiary/aromatic N) is 3. The summed E-state index contributed by atoms with van der Waals surface area (Å²) >= 11 is 1.76. The summed E-state index contributed by atoms with van der Waals surface area (Å²) in [6.45, 7) is 2.05. The van der Waals surface area contributed by atoms with E-state index in [4.69, 9.17) is 5.26 Å². The van der Waals surface area contributed by atoms with E-state index in [1.54, 1.807) is 24.0 Å². The van der Waals surface area contributed by atoms with Gasteiger partial charge < -0.3 is 5.32 Å². The van der Waals surface area contributed by atoms with Crippen LogP contribution in [0.15, 0.2) is 12.3 Å². The van der Waals surface area contributed by atoms with Crippen LogP contribution in [-0.2, 0) is 0 Å². The minimum absolute atomic E-state index is 0.305. The predicted molar refractivity (Wildman–Crippen MR) is 58.2 cm³/mol. The summed E-state index contributed by atoms with van der Waals surface area (Å²) < 4.78 is 0. The Kier molecular flexibility index (Phi) is 4.20. The maximum absolute atomic E-state index is 8.63. The summed E-state index contributed by atoms with van der Waals surface area (Å²) in [7, 11) is 0. The van der Waals surface area contributed by atoms with Gasteiger partial charge in [-0.05, 0) is 19.2 Å². The van der Waals surface area contributed by atoms with Crippen LogP contribution in [0.4, 0.5) is 5.95 Å². The lowest BCUT2D eigenvalue weighted by Crippen LogP contribution is -2.19. The number of aromatic nitrogens is 2. The van der Waals surface area contributed by atoms with Gasteiger partial charge in [0.2, 0.25) is 5.95 Å². The summed E-state index contributed by atoms with van der Waals surface area (Å²) in [5.74, 6) is 1.51. The van der Waals surface area contributed by atoms with Gasteiger partial charge in [0.1, 0.15) is 11.8 Å². The van der Waals surface area contributed by atoms with Crippen molar-refractivity contribution in [3.05, 3.63) is 18.0 Å². The molecule has 1 rings (SSSR count). The quantitative estimate of drug-likeness (QED) is 0.812. The van der Waals surface area contributed by atoms with Gasteiger partial charge in [-0.15, -0.1) is 0 Å². The average molecular weight is 208 g/mol. The third kappa shape index (κ3) is 3.23. The summed E-state index contributed by atoms with van der Waals surface area (Å²) in [6, 6.07) is 3.87. The molecule has 0 saturated heterocycles. The van der Waals surface area contributed by atoms with Crippen molar-refractivity contribution >= 4 is 17.7 Å². The van der Waals surface area contributed by atoms with E-state index in [2.05, 4.69) is 22.2 Å². The van der Waals surface area contributed by atoms with Crippen molar-refractivity contribution in [3.8, 4) is 6.07 Å². The molecule has 0 aliphatic carbocycles. The summed E-state index contributed by atoms with van der Waals surface area (Å²) in [5, 5.41) is 11.8. The molecule has 1 heterocycles. The third-order valence-corrected chi connectivity index (χ3v) is 2.40. The van der Waals surface area contributed by atoms with Gasteiger partial charge >= 0.3 is 0 Å². The minimum atomic E-state index is 0.305. The second-order valence-electron chi connectivity index (χ2n) is 2.88. The monoisotopic (exact) mass is 208 g/mol. The van der Waals surface area contributed by atoms with Crippen LogP contribution in [0.25, 0.3) is 0 Å². The van der Waals surface area contributed by atoms with E-state index < -0.39 is 0 Å². The van der Waals surface area contributed by atoms with Gasteiger partial charge in [-0.3, -0.25) is 0 Å². The molecule has 0 saturated carbocycles. The molecule has 0 radical (unpaired) electrons. The lowest BCUT2D eigenvalue weighted by molar-refractivity contribution is 0.885. The molecule has 0 aromatic carbocycles. The van der Waals surface area contributed by atoms with Crippen LogP contribution in [0, 0.1) is 11.3 Å².